The van der Waals surface area contributed by atoms with E-state index >= 15 is 0 Å². The number of nitrogens with zero attached hydrogens (tertiary/aromatic N) is 1. The molecule has 0 aliphatic heterocycles. The monoisotopic (exact) mass is 636 g/mol. The van der Waals surface area contributed by atoms with E-state index in [-0.39, 0.29) is 28.4 Å². The van der Waals surface area contributed by atoms with Gasteiger partial charge in [-0.1, -0.05) is 44.0 Å². The number of nitrogens with one attached hydrogen (secondary N) is 1. The highest BCUT2D eigenvalue weighted by Gasteiger charge is 2.17. The zero-order valence-electron chi connectivity index (χ0n) is 19.4. The third-order valence-corrected chi connectivity index (χ3v) is 6.12. The average Bonchev–Trinajstić information content (AvgIpc) is 2.91. The zero-order chi connectivity index (χ0) is 27.1. The summed E-state index contributed by atoms with van der Waals surface area (Å²) in [5.74, 6) is -2.12. The van der Waals surface area contributed by atoms with E-state index in [0.717, 1.165) is 8.95 Å². The first-order valence-corrected chi connectivity index (χ1v) is 12.6. The first-order chi connectivity index (χ1) is 18.3. The van der Waals surface area contributed by atoms with Crippen LogP contribution in [0.3, 0.4) is 0 Å². The minimum Gasteiger partial charge on any atom is -0.507 e. The van der Waals surface area contributed by atoms with Gasteiger partial charge in [0.1, 0.15) is 5.75 Å². The number of hydrazone groups is 1. The molecule has 2 N–H and O–H groups in total. The summed E-state index contributed by atoms with van der Waals surface area (Å²) in [6.45, 7) is 0. The average molecular weight is 638 g/mol. The topological polar surface area (TPSA) is 114 Å². The molecule has 0 fully saturated rings. The molecule has 8 nitrogen and oxygen atoms in total. The largest absolute Gasteiger partial charge is 0.507 e. The van der Waals surface area contributed by atoms with Gasteiger partial charge in [0.15, 0.2) is 11.5 Å². The summed E-state index contributed by atoms with van der Waals surface area (Å²) in [5, 5.41) is 13.7. The normalized spacial score (nSPS) is 10.7. The summed E-state index contributed by atoms with van der Waals surface area (Å²) >= 11 is 6.64. The molecule has 0 radical (unpaired) electrons. The number of carbonyl (C=O) groups excluding carboxylic acids is 3. The molecule has 190 valence electrons. The van der Waals surface area contributed by atoms with E-state index in [1.54, 1.807) is 66.7 Å². The van der Waals surface area contributed by atoms with E-state index in [1.807, 2.05) is 0 Å². The number of carbonyl (C=O) groups is 3. The van der Waals surface area contributed by atoms with Crippen molar-refractivity contribution < 1.29 is 29.0 Å². The summed E-state index contributed by atoms with van der Waals surface area (Å²) < 4.78 is 12.7. The summed E-state index contributed by atoms with van der Waals surface area (Å²) in [5.41, 5.74) is 3.40. The number of benzene rings is 4. The van der Waals surface area contributed by atoms with Crippen LogP contribution in [0.15, 0.2) is 105 Å². The molecule has 38 heavy (non-hydrogen) atoms. The first kappa shape index (κ1) is 26.8. The number of amides is 1. The SMILES string of the molecule is O=C(Oc1ccc(C=NNC(=O)c2ccccc2O)cc1OC(=O)c1ccc(Br)cc1)c1ccc(Br)cc1. The van der Waals surface area contributed by atoms with Crippen LogP contribution in [0.2, 0.25) is 0 Å². The summed E-state index contributed by atoms with van der Waals surface area (Å²) in [6, 6.07) is 23.6. The van der Waals surface area contributed by atoms with Gasteiger partial charge in [0, 0.05) is 8.95 Å². The molecule has 4 aromatic carbocycles. The number of halogens is 2. The molecule has 0 atom stereocenters. The Kier molecular flexibility index (Phi) is 8.67. The molecule has 4 aromatic rings. The molecule has 0 bridgehead atoms. The van der Waals surface area contributed by atoms with Crippen LogP contribution in [0.4, 0.5) is 0 Å². The van der Waals surface area contributed by atoms with Crippen LogP contribution in [0, 0.1) is 0 Å². The van der Waals surface area contributed by atoms with Crippen LogP contribution in [0.5, 0.6) is 17.2 Å². The maximum absolute atomic E-state index is 12.8. The smallest absolute Gasteiger partial charge is 0.343 e. The third kappa shape index (κ3) is 6.93. The van der Waals surface area contributed by atoms with Crippen molar-refractivity contribution in [1.29, 1.82) is 0 Å². The van der Waals surface area contributed by atoms with Crippen molar-refractivity contribution in [1.82, 2.24) is 5.43 Å². The van der Waals surface area contributed by atoms with Gasteiger partial charge < -0.3 is 14.6 Å². The Morgan fingerprint density at radius 2 is 1.29 bits per heavy atom. The summed E-state index contributed by atoms with van der Waals surface area (Å²) in [6.07, 6.45) is 1.31. The Morgan fingerprint density at radius 1 is 0.737 bits per heavy atom. The molecule has 0 heterocycles. The Morgan fingerprint density at radius 3 is 1.87 bits per heavy atom. The van der Waals surface area contributed by atoms with Gasteiger partial charge in [0.05, 0.1) is 22.9 Å². The lowest BCUT2D eigenvalue weighted by Gasteiger charge is -2.12. The minimum atomic E-state index is -0.666. The second-order valence-electron chi connectivity index (χ2n) is 7.72. The number of hydrogen-bond donors (Lipinski definition) is 2. The fraction of sp³-hybridized carbons (Fsp3) is 0. The minimum absolute atomic E-state index is 0.0128. The van der Waals surface area contributed by atoms with Gasteiger partial charge in [-0.05, 0) is 84.4 Å². The Labute approximate surface area is 234 Å². The van der Waals surface area contributed by atoms with Crippen LogP contribution < -0.4 is 14.9 Å². The second kappa shape index (κ2) is 12.3. The maximum atomic E-state index is 12.8. The number of phenols is 1. The van der Waals surface area contributed by atoms with Crippen LogP contribution in [0.25, 0.3) is 0 Å². The van der Waals surface area contributed by atoms with E-state index in [2.05, 4.69) is 42.4 Å². The number of esters is 2. The lowest BCUT2D eigenvalue weighted by atomic mass is 10.2. The predicted molar refractivity (Wildman–Crippen MR) is 148 cm³/mol. The molecule has 0 aromatic heterocycles. The highest BCUT2D eigenvalue weighted by molar-refractivity contribution is 9.10. The number of ether oxygens (including phenoxy) is 2. The van der Waals surface area contributed by atoms with E-state index in [4.69, 9.17) is 9.47 Å². The van der Waals surface area contributed by atoms with Crippen molar-refractivity contribution in [3.63, 3.8) is 0 Å². The lowest BCUT2D eigenvalue weighted by Crippen LogP contribution is -2.17. The Bertz CT molecular complexity index is 1520. The quantitative estimate of drug-likeness (QED) is 0.109. The van der Waals surface area contributed by atoms with Crippen molar-refractivity contribution in [2.75, 3.05) is 0 Å². The number of rotatable bonds is 7. The number of aromatic hydroxyl groups is 1. The van der Waals surface area contributed by atoms with Gasteiger partial charge in [-0.25, -0.2) is 15.0 Å². The Hall–Kier alpha value is -4.28. The molecule has 4 rings (SSSR count). The van der Waals surface area contributed by atoms with Crippen molar-refractivity contribution in [2.24, 2.45) is 5.10 Å². The predicted octanol–water partition coefficient (Wildman–Crippen LogP) is 6.12. The van der Waals surface area contributed by atoms with Crippen LogP contribution in [-0.4, -0.2) is 29.2 Å². The van der Waals surface area contributed by atoms with Crippen molar-refractivity contribution in [3.05, 3.63) is 122 Å². The summed E-state index contributed by atoms with van der Waals surface area (Å²) in [4.78, 5) is 37.7. The van der Waals surface area contributed by atoms with E-state index in [9.17, 15) is 19.5 Å². The van der Waals surface area contributed by atoms with Gasteiger partial charge in [0.2, 0.25) is 0 Å². The molecule has 0 unspecified atom stereocenters. The van der Waals surface area contributed by atoms with Crippen LogP contribution in [-0.2, 0) is 0 Å². The van der Waals surface area contributed by atoms with Gasteiger partial charge in [-0.2, -0.15) is 5.10 Å². The summed E-state index contributed by atoms with van der Waals surface area (Å²) in [7, 11) is 0. The third-order valence-electron chi connectivity index (χ3n) is 5.06. The molecule has 1 amide bonds. The van der Waals surface area contributed by atoms with Gasteiger partial charge in [-0.15, -0.1) is 0 Å². The Balaban J connectivity index is 1.57. The number of para-hydroxylation sites is 1. The molecule has 0 spiro atoms. The zero-order valence-corrected chi connectivity index (χ0v) is 22.6. The van der Waals surface area contributed by atoms with Crippen molar-refractivity contribution in [2.45, 2.75) is 0 Å². The number of hydrogen-bond acceptors (Lipinski definition) is 7. The standard InChI is InChI=1S/C28H18Br2N2O6/c29-20-10-6-18(7-11-20)27(35)37-24-14-5-17(16-31-32-26(34)22-3-1-2-4-23(22)33)15-25(24)38-28(36)19-8-12-21(30)13-9-19/h1-16,33H,(H,32,34). The molecular formula is C28H18Br2N2O6. The van der Waals surface area contributed by atoms with Gasteiger partial charge >= 0.3 is 11.9 Å². The highest BCUT2D eigenvalue weighted by Crippen LogP contribution is 2.30. The van der Waals surface area contributed by atoms with Crippen LogP contribution in [0.1, 0.15) is 36.6 Å². The molecule has 0 aliphatic carbocycles. The maximum Gasteiger partial charge on any atom is 0.343 e. The second-order valence-corrected chi connectivity index (χ2v) is 9.55. The number of phenolic OH excluding ortho intramolecular Hbond substituents is 1. The van der Waals surface area contributed by atoms with Crippen LogP contribution >= 0.6 is 31.9 Å². The molecule has 0 aliphatic rings. The van der Waals surface area contributed by atoms with E-state index < -0.39 is 17.8 Å². The molecule has 10 heteroatoms. The lowest BCUT2D eigenvalue weighted by molar-refractivity contribution is 0.0682. The van der Waals surface area contributed by atoms with E-state index in [1.165, 1.54) is 30.5 Å². The fourth-order valence-electron chi connectivity index (χ4n) is 3.15. The highest BCUT2D eigenvalue weighted by atomic mass is 79.9. The molecule has 0 saturated heterocycles. The fourth-order valence-corrected chi connectivity index (χ4v) is 3.68. The van der Waals surface area contributed by atoms with Crippen molar-refractivity contribution in [3.8, 4) is 17.2 Å². The van der Waals surface area contributed by atoms with Gasteiger partial charge in [-0.3, -0.25) is 4.79 Å². The van der Waals surface area contributed by atoms with Crippen molar-refractivity contribution >= 4 is 55.9 Å². The molecule has 0 saturated carbocycles. The molecular weight excluding hydrogens is 620 g/mol. The first-order valence-electron chi connectivity index (χ1n) is 11.0. The van der Waals surface area contributed by atoms with Gasteiger partial charge in [0.25, 0.3) is 5.91 Å². The van der Waals surface area contributed by atoms with E-state index in [0.29, 0.717) is 11.1 Å².